The smallest absolute Gasteiger partial charge is 0.321 e. The van der Waals surface area contributed by atoms with E-state index >= 15 is 0 Å². The summed E-state index contributed by atoms with van der Waals surface area (Å²) in [5.74, 6) is -0.848. The maximum absolute atomic E-state index is 11.7. The first-order valence-electron chi connectivity index (χ1n) is 7.13. The van der Waals surface area contributed by atoms with Crippen molar-refractivity contribution in [3.63, 3.8) is 0 Å². The number of amides is 3. The van der Waals surface area contributed by atoms with Gasteiger partial charge >= 0.3 is 12.0 Å². The molecule has 9 heteroatoms. The van der Waals surface area contributed by atoms with Gasteiger partial charge in [-0.2, -0.15) is 0 Å². The van der Waals surface area contributed by atoms with Gasteiger partial charge in [-0.15, -0.1) is 0 Å². The molecule has 0 atom stereocenters. The van der Waals surface area contributed by atoms with Crippen LogP contribution in [0.4, 0.5) is 4.79 Å². The summed E-state index contributed by atoms with van der Waals surface area (Å²) < 4.78 is 9.83. The van der Waals surface area contributed by atoms with Crippen LogP contribution in [-0.4, -0.2) is 24.5 Å². The fourth-order valence-corrected chi connectivity index (χ4v) is 2.12. The van der Waals surface area contributed by atoms with Gasteiger partial charge in [0.2, 0.25) is 0 Å². The monoisotopic (exact) mass is 384 g/mol. The molecule has 3 amide bonds. The number of urea groups is 1. The molecule has 0 aliphatic carbocycles. The van der Waals surface area contributed by atoms with Crippen molar-refractivity contribution in [2.24, 2.45) is 0 Å². The summed E-state index contributed by atoms with van der Waals surface area (Å²) in [6.45, 7) is -0.447. The number of esters is 1. The van der Waals surface area contributed by atoms with E-state index in [1.54, 1.807) is 24.3 Å². The van der Waals surface area contributed by atoms with Gasteiger partial charge in [-0.1, -0.05) is 29.3 Å². The Labute approximate surface area is 153 Å². The predicted molar refractivity (Wildman–Crippen MR) is 90.2 cm³/mol. The summed E-state index contributed by atoms with van der Waals surface area (Å²) in [5.41, 5.74) is 0.594. The van der Waals surface area contributed by atoms with Crippen LogP contribution in [0.3, 0.4) is 0 Å². The van der Waals surface area contributed by atoms with Crippen LogP contribution in [-0.2, 0) is 27.3 Å². The van der Waals surface area contributed by atoms with E-state index in [0.29, 0.717) is 21.4 Å². The molecule has 0 fully saturated rings. The molecular formula is C16H14Cl2N2O5. The van der Waals surface area contributed by atoms with E-state index in [4.69, 9.17) is 32.4 Å². The lowest BCUT2D eigenvalue weighted by Gasteiger charge is -2.07. The first-order valence-corrected chi connectivity index (χ1v) is 7.89. The number of nitrogens with one attached hydrogen (secondary N) is 2. The fourth-order valence-electron chi connectivity index (χ4n) is 1.80. The van der Waals surface area contributed by atoms with Gasteiger partial charge in [0, 0.05) is 0 Å². The van der Waals surface area contributed by atoms with E-state index in [2.05, 4.69) is 5.32 Å². The molecule has 0 saturated carbocycles. The summed E-state index contributed by atoms with van der Waals surface area (Å²) in [6.07, 6.45) is 1.39. The minimum atomic E-state index is -0.751. The van der Waals surface area contributed by atoms with E-state index in [0.717, 1.165) is 0 Å². The molecule has 0 saturated heterocycles. The first kappa shape index (κ1) is 18.8. The number of imide groups is 1. The van der Waals surface area contributed by atoms with Crippen molar-refractivity contribution in [3.8, 4) is 0 Å². The average molecular weight is 385 g/mol. The van der Waals surface area contributed by atoms with Crippen LogP contribution in [0, 0.1) is 0 Å². The Bertz CT molecular complexity index is 762. The molecule has 2 N–H and O–H groups in total. The van der Waals surface area contributed by atoms with Gasteiger partial charge < -0.3 is 14.5 Å². The number of furan rings is 1. The van der Waals surface area contributed by atoms with Crippen LogP contribution in [0.25, 0.3) is 0 Å². The van der Waals surface area contributed by atoms with Gasteiger partial charge in [0.25, 0.3) is 5.91 Å². The zero-order valence-corrected chi connectivity index (χ0v) is 14.4. The minimum absolute atomic E-state index is 0.0745. The number of hydrogen-bond acceptors (Lipinski definition) is 5. The molecule has 1 aromatic carbocycles. The lowest BCUT2D eigenvalue weighted by atomic mass is 10.1. The molecule has 1 heterocycles. The van der Waals surface area contributed by atoms with E-state index in [1.807, 2.05) is 5.32 Å². The zero-order chi connectivity index (χ0) is 18.2. The minimum Gasteiger partial charge on any atom is -0.467 e. The van der Waals surface area contributed by atoms with Gasteiger partial charge in [-0.25, -0.2) is 4.79 Å². The Morgan fingerprint density at radius 2 is 1.92 bits per heavy atom. The van der Waals surface area contributed by atoms with E-state index in [1.165, 1.54) is 12.3 Å². The van der Waals surface area contributed by atoms with Crippen LogP contribution in [0.5, 0.6) is 0 Å². The highest BCUT2D eigenvalue weighted by Crippen LogP contribution is 2.22. The average Bonchev–Trinajstić information content (AvgIpc) is 3.08. The lowest BCUT2D eigenvalue weighted by Crippen LogP contribution is -2.41. The molecule has 2 rings (SSSR count). The number of rotatable bonds is 6. The van der Waals surface area contributed by atoms with Crippen LogP contribution in [0.1, 0.15) is 11.3 Å². The second-order valence-corrected chi connectivity index (χ2v) is 5.71. The summed E-state index contributed by atoms with van der Waals surface area (Å²) in [7, 11) is 0. The van der Waals surface area contributed by atoms with E-state index < -0.39 is 24.5 Å². The summed E-state index contributed by atoms with van der Waals surface area (Å²) in [4.78, 5) is 34.7. The number of hydrogen-bond donors (Lipinski definition) is 2. The van der Waals surface area contributed by atoms with Crippen LogP contribution < -0.4 is 10.6 Å². The standard InChI is InChI=1S/C16H14Cl2N2O5/c17-12-4-3-10(6-13(12)18)7-15(22)25-9-14(21)20-16(23)19-8-11-2-1-5-24-11/h1-6H,7-9H2,(H2,19,20,21,23). The van der Waals surface area contributed by atoms with Crippen molar-refractivity contribution in [2.45, 2.75) is 13.0 Å². The summed E-state index contributed by atoms with van der Waals surface area (Å²) >= 11 is 11.6. The van der Waals surface area contributed by atoms with Crippen molar-refractivity contribution < 1.29 is 23.5 Å². The number of ether oxygens (including phenoxy) is 1. The number of carbonyl (C=O) groups is 3. The molecule has 132 valence electrons. The topological polar surface area (TPSA) is 97.6 Å². The van der Waals surface area contributed by atoms with Gasteiger partial charge in [0.05, 0.1) is 29.3 Å². The molecular weight excluding hydrogens is 371 g/mol. The normalized spacial score (nSPS) is 10.2. The molecule has 7 nitrogen and oxygen atoms in total. The van der Waals surface area contributed by atoms with E-state index in [9.17, 15) is 14.4 Å². The van der Waals surface area contributed by atoms with Crippen molar-refractivity contribution >= 4 is 41.1 Å². The summed E-state index contributed by atoms with van der Waals surface area (Å²) in [6, 6.07) is 7.34. The molecule has 25 heavy (non-hydrogen) atoms. The Morgan fingerprint density at radius 3 is 2.60 bits per heavy atom. The molecule has 0 unspecified atom stereocenters. The van der Waals surface area contributed by atoms with Crippen molar-refractivity contribution in [2.75, 3.05) is 6.61 Å². The third-order valence-corrected chi connectivity index (χ3v) is 3.69. The highest BCUT2D eigenvalue weighted by atomic mass is 35.5. The van der Waals surface area contributed by atoms with Gasteiger partial charge in [-0.05, 0) is 29.8 Å². The Balaban J connectivity index is 1.68. The molecule has 0 aliphatic heterocycles. The maximum Gasteiger partial charge on any atom is 0.321 e. The second-order valence-electron chi connectivity index (χ2n) is 4.90. The van der Waals surface area contributed by atoms with Gasteiger partial charge in [-0.3, -0.25) is 14.9 Å². The SMILES string of the molecule is O=C(COC(=O)Cc1ccc(Cl)c(Cl)c1)NC(=O)NCc1ccco1. The molecule has 2 aromatic rings. The first-order chi connectivity index (χ1) is 11.9. The predicted octanol–water partition coefficient (Wildman–Crippen LogP) is 2.70. The Morgan fingerprint density at radius 1 is 1.12 bits per heavy atom. The molecule has 1 aromatic heterocycles. The lowest BCUT2D eigenvalue weighted by molar-refractivity contribution is -0.147. The summed E-state index contributed by atoms with van der Waals surface area (Å²) in [5, 5.41) is 5.15. The van der Waals surface area contributed by atoms with Crippen LogP contribution in [0.15, 0.2) is 41.0 Å². The largest absolute Gasteiger partial charge is 0.467 e. The van der Waals surface area contributed by atoms with Gasteiger partial charge in [0.15, 0.2) is 6.61 Å². The van der Waals surface area contributed by atoms with Crippen molar-refractivity contribution in [1.82, 2.24) is 10.6 Å². The molecule has 0 aliphatic rings. The number of benzene rings is 1. The fraction of sp³-hybridized carbons (Fsp3) is 0.188. The van der Waals surface area contributed by atoms with Gasteiger partial charge in [0.1, 0.15) is 5.76 Å². The second kappa shape index (κ2) is 9.10. The number of carbonyl (C=O) groups excluding carboxylic acids is 3. The highest BCUT2D eigenvalue weighted by Gasteiger charge is 2.12. The zero-order valence-electron chi connectivity index (χ0n) is 12.9. The van der Waals surface area contributed by atoms with Crippen molar-refractivity contribution in [3.05, 3.63) is 58.0 Å². The highest BCUT2D eigenvalue weighted by molar-refractivity contribution is 6.42. The quantitative estimate of drug-likeness (QED) is 0.746. The maximum atomic E-state index is 11.7. The van der Waals surface area contributed by atoms with E-state index in [-0.39, 0.29) is 13.0 Å². The van der Waals surface area contributed by atoms with Crippen molar-refractivity contribution in [1.29, 1.82) is 0 Å². The Kier molecular flexibility index (Phi) is 6.85. The third kappa shape index (κ3) is 6.48. The van der Waals surface area contributed by atoms with Crippen LogP contribution >= 0.6 is 23.2 Å². The molecule has 0 spiro atoms. The Hall–Kier alpha value is -2.51. The number of halogens is 2. The van der Waals surface area contributed by atoms with Crippen LogP contribution in [0.2, 0.25) is 10.0 Å². The molecule has 0 radical (unpaired) electrons. The molecule has 0 bridgehead atoms. The third-order valence-electron chi connectivity index (χ3n) is 2.95.